The van der Waals surface area contributed by atoms with Gasteiger partial charge in [0.1, 0.15) is 0 Å². The standard InChI is InChI=1S/C20H21F3N2O2S/c1-12-18(13-8-10-25(12)11-9-13)24-19(26)14-2-4-15(5-3-14)28-17-7-6-16(27-17)20(21,22)23/h2-7,12-13,18H,8-11H2,1H3,(H,24,26)/t12-,18-/m0/s1. The summed E-state index contributed by atoms with van der Waals surface area (Å²) in [5.41, 5.74) is 0.545. The highest BCUT2D eigenvalue weighted by molar-refractivity contribution is 7.99. The first kappa shape index (κ1) is 19.4. The summed E-state index contributed by atoms with van der Waals surface area (Å²) in [5.74, 6) is -0.599. The monoisotopic (exact) mass is 410 g/mol. The van der Waals surface area contributed by atoms with Crippen LogP contribution in [0.3, 0.4) is 0 Å². The van der Waals surface area contributed by atoms with Crippen LogP contribution >= 0.6 is 11.8 Å². The molecule has 4 nitrogen and oxygen atoms in total. The number of piperidine rings is 3. The van der Waals surface area contributed by atoms with Crippen molar-refractivity contribution in [2.24, 2.45) is 5.92 Å². The van der Waals surface area contributed by atoms with Crippen molar-refractivity contribution >= 4 is 17.7 Å². The summed E-state index contributed by atoms with van der Waals surface area (Å²) in [6.45, 7) is 4.37. The van der Waals surface area contributed by atoms with Crippen LogP contribution in [0, 0.1) is 5.92 Å². The van der Waals surface area contributed by atoms with Crippen molar-refractivity contribution < 1.29 is 22.4 Å². The molecule has 0 saturated carbocycles. The molecule has 2 bridgehead atoms. The van der Waals surface area contributed by atoms with Crippen molar-refractivity contribution in [3.63, 3.8) is 0 Å². The van der Waals surface area contributed by atoms with Gasteiger partial charge in [-0.3, -0.25) is 9.69 Å². The van der Waals surface area contributed by atoms with E-state index in [0.29, 0.717) is 22.4 Å². The van der Waals surface area contributed by atoms with Gasteiger partial charge in [0.15, 0.2) is 5.09 Å². The lowest BCUT2D eigenvalue weighted by Gasteiger charge is -2.49. The highest BCUT2D eigenvalue weighted by Crippen LogP contribution is 2.36. The van der Waals surface area contributed by atoms with Crippen molar-refractivity contribution in [1.82, 2.24) is 10.2 Å². The molecule has 28 heavy (non-hydrogen) atoms. The van der Waals surface area contributed by atoms with Gasteiger partial charge in [0.05, 0.1) is 0 Å². The highest BCUT2D eigenvalue weighted by Gasteiger charge is 2.40. The normalized spacial score (nSPS) is 27.0. The van der Waals surface area contributed by atoms with Crippen LogP contribution in [-0.4, -0.2) is 36.0 Å². The maximum atomic E-state index is 12.6. The number of rotatable bonds is 4. The summed E-state index contributed by atoms with van der Waals surface area (Å²) in [6.07, 6.45) is -2.26. The number of hydrogen-bond acceptors (Lipinski definition) is 4. The van der Waals surface area contributed by atoms with Crippen LogP contribution in [0.15, 0.2) is 50.8 Å². The predicted molar refractivity (Wildman–Crippen MR) is 99.3 cm³/mol. The molecule has 0 unspecified atom stereocenters. The zero-order chi connectivity index (χ0) is 19.9. The Morgan fingerprint density at radius 3 is 2.39 bits per heavy atom. The van der Waals surface area contributed by atoms with Crippen LogP contribution in [0.2, 0.25) is 0 Å². The molecule has 5 rings (SSSR count). The van der Waals surface area contributed by atoms with E-state index < -0.39 is 11.9 Å². The zero-order valence-corrected chi connectivity index (χ0v) is 16.1. The number of furan rings is 1. The van der Waals surface area contributed by atoms with Gasteiger partial charge in [0.25, 0.3) is 5.91 Å². The van der Waals surface area contributed by atoms with Crippen molar-refractivity contribution in [2.75, 3.05) is 13.1 Å². The van der Waals surface area contributed by atoms with Gasteiger partial charge in [0, 0.05) is 22.5 Å². The molecule has 2 atom stereocenters. The molecule has 3 aliphatic rings. The van der Waals surface area contributed by atoms with Crippen LogP contribution in [0.4, 0.5) is 13.2 Å². The van der Waals surface area contributed by atoms with Gasteiger partial charge in [-0.05, 0) is 75.2 Å². The Morgan fingerprint density at radius 1 is 1.14 bits per heavy atom. The van der Waals surface area contributed by atoms with Crippen LogP contribution in [0.1, 0.15) is 35.9 Å². The van der Waals surface area contributed by atoms with Gasteiger partial charge in [-0.25, -0.2) is 0 Å². The number of amides is 1. The number of nitrogens with zero attached hydrogens (tertiary/aromatic N) is 1. The Morgan fingerprint density at radius 2 is 1.82 bits per heavy atom. The third kappa shape index (κ3) is 3.93. The zero-order valence-electron chi connectivity index (χ0n) is 15.3. The lowest BCUT2D eigenvalue weighted by atomic mass is 9.79. The van der Waals surface area contributed by atoms with E-state index in [1.807, 2.05) is 0 Å². The van der Waals surface area contributed by atoms with E-state index in [2.05, 4.69) is 17.1 Å². The molecule has 3 aliphatic heterocycles. The number of fused-ring (bicyclic) bond motifs is 3. The summed E-state index contributed by atoms with van der Waals surface area (Å²) in [6, 6.07) is 9.53. The first-order valence-electron chi connectivity index (χ1n) is 9.31. The van der Waals surface area contributed by atoms with Gasteiger partial charge in [-0.1, -0.05) is 11.8 Å². The summed E-state index contributed by atoms with van der Waals surface area (Å²) >= 11 is 1.09. The maximum absolute atomic E-state index is 12.6. The van der Waals surface area contributed by atoms with Crippen LogP contribution in [-0.2, 0) is 6.18 Å². The number of alkyl halides is 3. The van der Waals surface area contributed by atoms with Gasteiger partial charge < -0.3 is 9.73 Å². The van der Waals surface area contributed by atoms with E-state index in [-0.39, 0.29) is 17.0 Å². The average Bonchev–Trinajstić information content (AvgIpc) is 3.14. The molecular formula is C20H21F3N2O2S. The number of carbonyl (C=O) groups is 1. The van der Waals surface area contributed by atoms with E-state index in [1.54, 1.807) is 24.3 Å². The van der Waals surface area contributed by atoms with Crippen LogP contribution in [0.5, 0.6) is 0 Å². The SMILES string of the molecule is C[C@H]1[C@H](NC(=O)c2ccc(Sc3ccc(C(F)(F)F)o3)cc2)C2CCN1CC2. The Hall–Kier alpha value is -1.93. The number of halogens is 3. The van der Waals surface area contributed by atoms with Gasteiger partial charge in [-0.2, -0.15) is 13.2 Å². The largest absolute Gasteiger partial charge is 0.449 e. The predicted octanol–water partition coefficient (Wildman–Crippen LogP) is 4.66. The molecule has 0 spiro atoms. The van der Waals surface area contributed by atoms with E-state index in [4.69, 9.17) is 4.42 Å². The Balaban J connectivity index is 1.39. The minimum absolute atomic E-state index is 0.112. The fourth-order valence-electron chi connectivity index (χ4n) is 4.10. The van der Waals surface area contributed by atoms with E-state index in [1.165, 1.54) is 6.07 Å². The van der Waals surface area contributed by atoms with E-state index in [0.717, 1.165) is 43.8 Å². The van der Waals surface area contributed by atoms with Gasteiger partial charge in [0.2, 0.25) is 5.76 Å². The summed E-state index contributed by atoms with van der Waals surface area (Å²) in [7, 11) is 0. The average molecular weight is 410 g/mol. The molecule has 0 aliphatic carbocycles. The minimum Gasteiger partial charge on any atom is -0.445 e. The maximum Gasteiger partial charge on any atom is 0.449 e. The van der Waals surface area contributed by atoms with Gasteiger partial charge in [-0.15, -0.1) is 0 Å². The van der Waals surface area contributed by atoms with Crippen LogP contribution in [0.25, 0.3) is 0 Å². The second kappa shape index (κ2) is 7.48. The van der Waals surface area contributed by atoms with Gasteiger partial charge >= 0.3 is 6.18 Å². The molecule has 3 fully saturated rings. The summed E-state index contributed by atoms with van der Waals surface area (Å²) in [4.78, 5) is 15.8. The van der Waals surface area contributed by atoms with Crippen LogP contribution < -0.4 is 5.32 Å². The second-order valence-electron chi connectivity index (χ2n) is 7.36. The molecule has 3 saturated heterocycles. The lowest BCUT2D eigenvalue weighted by Crippen LogP contribution is -2.62. The number of carbonyl (C=O) groups excluding carboxylic acids is 1. The van der Waals surface area contributed by atoms with E-state index >= 15 is 0 Å². The Bertz CT molecular complexity index is 840. The molecule has 8 heteroatoms. The third-order valence-electron chi connectivity index (χ3n) is 5.67. The number of benzene rings is 1. The first-order chi connectivity index (χ1) is 13.3. The summed E-state index contributed by atoms with van der Waals surface area (Å²) in [5, 5.41) is 3.33. The third-order valence-corrected chi connectivity index (χ3v) is 6.60. The smallest absolute Gasteiger partial charge is 0.445 e. The molecule has 1 aromatic heterocycles. The van der Waals surface area contributed by atoms with Crippen molar-refractivity contribution in [2.45, 2.75) is 48.0 Å². The first-order valence-corrected chi connectivity index (χ1v) is 10.1. The molecular weight excluding hydrogens is 389 g/mol. The topological polar surface area (TPSA) is 45.5 Å². The number of nitrogens with one attached hydrogen (secondary N) is 1. The Kier molecular flexibility index (Phi) is 5.18. The fourth-order valence-corrected chi connectivity index (χ4v) is 4.87. The van der Waals surface area contributed by atoms with Crippen molar-refractivity contribution in [3.05, 3.63) is 47.7 Å². The molecule has 0 radical (unpaired) electrons. The Labute approximate surface area is 165 Å². The lowest BCUT2D eigenvalue weighted by molar-refractivity contribution is -0.154. The van der Waals surface area contributed by atoms with Crippen molar-refractivity contribution in [3.8, 4) is 0 Å². The molecule has 150 valence electrons. The molecule has 2 aromatic rings. The number of hydrogen-bond donors (Lipinski definition) is 1. The molecule has 4 heterocycles. The molecule has 1 N–H and O–H groups in total. The quantitative estimate of drug-likeness (QED) is 0.796. The summed E-state index contributed by atoms with van der Waals surface area (Å²) < 4.78 is 42.6. The molecule has 1 aromatic carbocycles. The highest BCUT2D eigenvalue weighted by atomic mass is 32.2. The van der Waals surface area contributed by atoms with Crippen molar-refractivity contribution in [1.29, 1.82) is 0 Å². The second-order valence-corrected chi connectivity index (χ2v) is 8.43. The van der Waals surface area contributed by atoms with E-state index in [9.17, 15) is 18.0 Å². The fraction of sp³-hybridized carbons (Fsp3) is 0.450. The minimum atomic E-state index is -4.49. The molecule has 1 amide bonds.